The maximum absolute atomic E-state index is 12.3. The highest BCUT2D eigenvalue weighted by Crippen LogP contribution is 2.36. The van der Waals surface area contributed by atoms with E-state index >= 15 is 0 Å². The number of aromatic nitrogens is 3. The Labute approximate surface area is 178 Å². The molecule has 3 aromatic heterocycles. The summed E-state index contributed by atoms with van der Waals surface area (Å²) in [5, 5.41) is 5.45. The number of amides is 2. The van der Waals surface area contributed by atoms with Gasteiger partial charge in [-0.25, -0.2) is 4.98 Å². The Morgan fingerprint density at radius 3 is 2.68 bits per heavy atom. The normalized spacial score (nSPS) is 11.0. The van der Waals surface area contributed by atoms with Crippen molar-refractivity contribution in [2.24, 2.45) is 14.1 Å². The molecule has 31 heavy (non-hydrogen) atoms. The SMILES string of the molecule is CCOc1c(C(=O)NC)cn(C)c1-c1nc2cc(NC(=O)c3ccco3)ccc2n1C. The monoisotopic (exact) mass is 421 g/mol. The van der Waals surface area contributed by atoms with Crippen molar-refractivity contribution in [3.63, 3.8) is 0 Å². The Balaban J connectivity index is 1.77. The first-order valence-electron chi connectivity index (χ1n) is 9.80. The summed E-state index contributed by atoms with van der Waals surface area (Å²) in [6.45, 7) is 2.28. The average Bonchev–Trinajstić information content (AvgIpc) is 3.47. The number of carbonyl (C=O) groups is 2. The molecule has 2 N–H and O–H groups in total. The molecular weight excluding hydrogens is 398 g/mol. The van der Waals surface area contributed by atoms with Crippen LogP contribution in [-0.2, 0) is 14.1 Å². The summed E-state index contributed by atoms with van der Waals surface area (Å²) in [6, 6.07) is 8.74. The van der Waals surface area contributed by atoms with Gasteiger partial charge in [-0.1, -0.05) is 0 Å². The van der Waals surface area contributed by atoms with Crippen LogP contribution < -0.4 is 15.4 Å². The lowest BCUT2D eigenvalue weighted by atomic mass is 10.2. The number of benzene rings is 1. The summed E-state index contributed by atoms with van der Waals surface area (Å²) in [6.07, 6.45) is 3.18. The second kappa shape index (κ2) is 8.02. The molecule has 1 aromatic carbocycles. The number of ether oxygens (including phenoxy) is 1. The number of rotatable bonds is 6. The molecule has 4 aromatic rings. The highest BCUT2D eigenvalue weighted by atomic mass is 16.5. The maximum Gasteiger partial charge on any atom is 0.291 e. The summed E-state index contributed by atoms with van der Waals surface area (Å²) < 4.78 is 14.7. The molecule has 4 rings (SSSR count). The van der Waals surface area contributed by atoms with E-state index in [2.05, 4.69) is 10.6 Å². The predicted molar refractivity (Wildman–Crippen MR) is 116 cm³/mol. The van der Waals surface area contributed by atoms with E-state index in [9.17, 15) is 9.59 Å². The minimum absolute atomic E-state index is 0.230. The second-order valence-corrected chi connectivity index (χ2v) is 6.97. The standard InChI is InChI=1S/C22H23N5O4/c1-5-30-19-14(21(28)23-2)12-26(3)18(19)20-25-15-11-13(8-9-16(15)27(20)4)24-22(29)17-7-6-10-31-17/h6-12H,5H2,1-4H3,(H,23,28)(H,24,29). The third kappa shape index (κ3) is 3.54. The third-order valence-electron chi connectivity index (χ3n) is 4.99. The van der Waals surface area contributed by atoms with Crippen molar-refractivity contribution in [1.82, 2.24) is 19.4 Å². The Morgan fingerprint density at radius 2 is 2.00 bits per heavy atom. The highest BCUT2D eigenvalue weighted by Gasteiger charge is 2.25. The number of anilines is 1. The zero-order valence-corrected chi connectivity index (χ0v) is 17.7. The Hall–Kier alpha value is -4.01. The molecule has 9 heteroatoms. The van der Waals surface area contributed by atoms with E-state index in [0.717, 1.165) is 5.52 Å². The van der Waals surface area contributed by atoms with Crippen LogP contribution in [-0.4, -0.2) is 39.6 Å². The van der Waals surface area contributed by atoms with Crippen LogP contribution in [0.4, 0.5) is 5.69 Å². The van der Waals surface area contributed by atoms with Crippen molar-refractivity contribution in [2.75, 3.05) is 19.0 Å². The van der Waals surface area contributed by atoms with Crippen molar-refractivity contribution in [1.29, 1.82) is 0 Å². The van der Waals surface area contributed by atoms with Gasteiger partial charge in [0.2, 0.25) is 0 Å². The summed E-state index contributed by atoms with van der Waals surface area (Å²) in [7, 11) is 5.32. The molecule has 0 saturated heterocycles. The van der Waals surface area contributed by atoms with E-state index in [4.69, 9.17) is 14.1 Å². The molecule has 0 aliphatic carbocycles. The van der Waals surface area contributed by atoms with E-state index < -0.39 is 0 Å². The molecule has 0 unspecified atom stereocenters. The minimum atomic E-state index is -0.336. The summed E-state index contributed by atoms with van der Waals surface area (Å²) in [5.41, 5.74) is 3.30. The van der Waals surface area contributed by atoms with Gasteiger partial charge in [-0.3, -0.25) is 9.59 Å². The largest absolute Gasteiger partial charge is 0.491 e. The van der Waals surface area contributed by atoms with Gasteiger partial charge in [0.25, 0.3) is 11.8 Å². The topological polar surface area (TPSA) is 103 Å². The van der Waals surface area contributed by atoms with Gasteiger partial charge in [-0.15, -0.1) is 0 Å². The van der Waals surface area contributed by atoms with Crippen LogP contribution in [0.2, 0.25) is 0 Å². The average molecular weight is 421 g/mol. The molecule has 3 heterocycles. The Bertz CT molecular complexity index is 1270. The quantitative estimate of drug-likeness (QED) is 0.498. The van der Waals surface area contributed by atoms with Crippen LogP contribution in [0.1, 0.15) is 27.8 Å². The molecule has 0 aliphatic heterocycles. The molecule has 0 fully saturated rings. The zero-order chi connectivity index (χ0) is 22.1. The van der Waals surface area contributed by atoms with Gasteiger partial charge in [0.15, 0.2) is 17.3 Å². The molecular formula is C22H23N5O4. The number of carbonyl (C=O) groups excluding carboxylic acids is 2. The van der Waals surface area contributed by atoms with Gasteiger partial charge in [-0.05, 0) is 37.3 Å². The molecule has 0 atom stereocenters. The fourth-order valence-corrected chi connectivity index (χ4v) is 3.54. The molecule has 0 bridgehead atoms. The van der Waals surface area contributed by atoms with Crippen LogP contribution in [0, 0.1) is 0 Å². The lowest BCUT2D eigenvalue weighted by Gasteiger charge is -2.09. The number of furan rings is 1. The first-order chi connectivity index (χ1) is 14.9. The van der Waals surface area contributed by atoms with Gasteiger partial charge < -0.3 is 28.9 Å². The number of nitrogens with one attached hydrogen (secondary N) is 2. The molecule has 0 spiro atoms. The van der Waals surface area contributed by atoms with Crippen LogP contribution in [0.5, 0.6) is 5.75 Å². The fourth-order valence-electron chi connectivity index (χ4n) is 3.54. The van der Waals surface area contributed by atoms with Crippen LogP contribution in [0.25, 0.3) is 22.6 Å². The smallest absolute Gasteiger partial charge is 0.291 e. The molecule has 9 nitrogen and oxygen atoms in total. The van der Waals surface area contributed by atoms with Gasteiger partial charge in [0, 0.05) is 33.0 Å². The Kier molecular flexibility index (Phi) is 5.24. The Morgan fingerprint density at radius 1 is 1.19 bits per heavy atom. The predicted octanol–water partition coefficient (Wildman–Crippen LogP) is 3.18. The van der Waals surface area contributed by atoms with E-state index in [0.29, 0.717) is 40.6 Å². The number of nitrogens with zero attached hydrogens (tertiary/aromatic N) is 3. The molecule has 0 radical (unpaired) electrons. The lowest BCUT2D eigenvalue weighted by Crippen LogP contribution is -2.18. The fraction of sp³-hybridized carbons (Fsp3) is 0.227. The van der Waals surface area contributed by atoms with E-state index in [1.807, 2.05) is 36.2 Å². The molecule has 0 aliphatic rings. The molecule has 0 saturated carbocycles. The van der Waals surface area contributed by atoms with Gasteiger partial charge in [0.1, 0.15) is 5.69 Å². The van der Waals surface area contributed by atoms with Crippen molar-refractivity contribution in [3.05, 3.63) is 54.1 Å². The first-order valence-corrected chi connectivity index (χ1v) is 9.80. The van der Waals surface area contributed by atoms with Gasteiger partial charge >= 0.3 is 0 Å². The number of hydrogen-bond donors (Lipinski definition) is 2. The van der Waals surface area contributed by atoms with Crippen molar-refractivity contribution < 1.29 is 18.7 Å². The number of fused-ring (bicyclic) bond motifs is 1. The van der Waals surface area contributed by atoms with Crippen LogP contribution in [0.15, 0.2) is 47.2 Å². The van der Waals surface area contributed by atoms with Gasteiger partial charge in [0.05, 0.1) is 29.5 Å². The minimum Gasteiger partial charge on any atom is -0.491 e. The molecule has 2 amide bonds. The summed E-state index contributed by atoms with van der Waals surface area (Å²) in [5.74, 6) is 0.789. The van der Waals surface area contributed by atoms with Crippen molar-refractivity contribution >= 4 is 28.5 Å². The summed E-state index contributed by atoms with van der Waals surface area (Å²) in [4.78, 5) is 29.4. The lowest BCUT2D eigenvalue weighted by molar-refractivity contribution is 0.0958. The number of aryl methyl sites for hydroxylation is 2. The zero-order valence-electron chi connectivity index (χ0n) is 17.7. The third-order valence-corrected chi connectivity index (χ3v) is 4.99. The number of imidazole rings is 1. The van der Waals surface area contributed by atoms with Crippen LogP contribution in [0.3, 0.4) is 0 Å². The number of hydrogen-bond acceptors (Lipinski definition) is 5. The van der Waals surface area contributed by atoms with E-state index in [1.54, 1.807) is 37.5 Å². The van der Waals surface area contributed by atoms with E-state index in [1.165, 1.54) is 6.26 Å². The maximum atomic E-state index is 12.3. The highest BCUT2D eigenvalue weighted by molar-refractivity contribution is 6.03. The van der Waals surface area contributed by atoms with Crippen molar-refractivity contribution in [3.8, 4) is 17.3 Å². The first kappa shape index (κ1) is 20.3. The van der Waals surface area contributed by atoms with E-state index in [-0.39, 0.29) is 17.6 Å². The van der Waals surface area contributed by atoms with Crippen LogP contribution >= 0.6 is 0 Å². The van der Waals surface area contributed by atoms with Crippen molar-refractivity contribution in [2.45, 2.75) is 6.92 Å². The molecule has 160 valence electrons. The summed E-state index contributed by atoms with van der Waals surface area (Å²) >= 11 is 0. The van der Waals surface area contributed by atoms with Gasteiger partial charge in [-0.2, -0.15) is 0 Å². The second-order valence-electron chi connectivity index (χ2n) is 6.97.